The Hall–Kier alpha value is -0.613. The zero-order valence-corrected chi connectivity index (χ0v) is 6.88. The van der Waals surface area contributed by atoms with E-state index in [0.717, 1.165) is 12.1 Å². The predicted octanol–water partition coefficient (Wildman–Crippen LogP) is 0.498. The van der Waals surface area contributed by atoms with E-state index in [1.807, 2.05) is 0 Å². The van der Waals surface area contributed by atoms with Crippen LogP contribution >= 0.6 is 0 Å². The van der Waals surface area contributed by atoms with Gasteiger partial charge in [-0.3, -0.25) is 4.55 Å². The Morgan fingerprint density at radius 3 is 2.29 bits per heavy atom. The third-order valence-corrected chi connectivity index (χ3v) is 1.48. The quantitative estimate of drug-likeness (QED) is 0.579. The molecule has 0 aromatic heterocycles. The summed E-state index contributed by atoms with van der Waals surface area (Å²) in [5.41, 5.74) is 0. The molecular formula is C6H5F2LiO4S. The van der Waals surface area contributed by atoms with Gasteiger partial charge in [-0.2, -0.15) is 8.42 Å². The van der Waals surface area contributed by atoms with Crippen molar-refractivity contribution in [2.24, 2.45) is 0 Å². The summed E-state index contributed by atoms with van der Waals surface area (Å²) in [5, 5.41) is 0. The van der Waals surface area contributed by atoms with Gasteiger partial charge in [0.15, 0.2) is 11.6 Å². The van der Waals surface area contributed by atoms with E-state index in [9.17, 15) is 17.2 Å². The molecule has 0 fully saturated rings. The molecule has 0 saturated carbocycles. The van der Waals surface area contributed by atoms with Crippen LogP contribution in [0.15, 0.2) is 18.2 Å². The van der Waals surface area contributed by atoms with Crippen LogP contribution in [-0.4, -0.2) is 31.8 Å². The molecular weight excluding hydrogens is 213 g/mol. The summed E-state index contributed by atoms with van der Waals surface area (Å²) in [4.78, 5) is 0. The average Bonchev–Trinajstić information content (AvgIpc) is 1.93. The van der Waals surface area contributed by atoms with Gasteiger partial charge in [-0.25, -0.2) is 8.78 Å². The zero-order chi connectivity index (χ0) is 10.1. The molecule has 1 aromatic carbocycles. The average molecular weight is 218 g/mol. The molecule has 0 atom stereocenters. The van der Waals surface area contributed by atoms with Crippen LogP contribution in [0.4, 0.5) is 8.78 Å². The Labute approximate surface area is 91.0 Å². The number of hydrogen-bond donors (Lipinski definition) is 1. The normalized spacial score (nSPS) is 10.5. The van der Waals surface area contributed by atoms with E-state index < -0.39 is 27.8 Å². The van der Waals surface area contributed by atoms with Gasteiger partial charge in [0.05, 0.1) is 0 Å². The summed E-state index contributed by atoms with van der Waals surface area (Å²) < 4.78 is 57.1. The Morgan fingerprint density at radius 2 is 1.86 bits per heavy atom. The van der Waals surface area contributed by atoms with Crippen LogP contribution < -0.4 is 4.18 Å². The minimum atomic E-state index is -4.77. The fourth-order valence-corrected chi connectivity index (χ4v) is 1.02. The van der Waals surface area contributed by atoms with E-state index >= 15 is 0 Å². The molecule has 0 bridgehead atoms. The molecule has 1 N–H and O–H groups in total. The molecule has 14 heavy (non-hydrogen) atoms. The minimum absolute atomic E-state index is 0. The van der Waals surface area contributed by atoms with Crippen LogP contribution in [0.25, 0.3) is 0 Å². The molecule has 8 heteroatoms. The fraction of sp³-hybridized carbons (Fsp3) is 0. The molecule has 0 amide bonds. The van der Waals surface area contributed by atoms with E-state index in [2.05, 4.69) is 4.18 Å². The molecule has 0 aliphatic heterocycles. The molecule has 0 saturated heterocycles. The van der Waals surface area contributed by atoms with Crippen molar-refractivity contribution in [3.63, 3.8) is 0 Å². The Kier molecular flexibility index (Phi) is 4.54. The van der Waals surface area contributed by atoms with Crippen molar-refractivity contribution in [2.45, 2.75) is 0 Å². The van der Waals surface area contributed by atoms with Crippen LogP contribution in [0.2, 0.25) is 0 Å². The van der Waals surface area contributed by atoms with Crippen LogP contribution in [0.3, 0.4) is 0 Å². The Bertz CT molecular complexity index is 420. The van der Waals surface area contributed by atoms with Gasteiger partial charge in [0.1, 0.15) is 5.82 Å². The molecule has 0 radical (unpaired) electrons. The molecule has 1 rings (SSSR count). The molecule has 0 heterocycles. The molecule has 74 valence electrons. The van der Waals surface area contributed by atoms with Gasteiger partial charge in [0.2, 0.25) is 0 Å². The van der Waals surface area contributed by atoms with Crippen molar-refractivity contribution in [1.29, 1.82) is 0 Å². The summed E-state index contributed by atoms with van der Waals surface area (Å²) in [5.74, 6) is -2.85. The summed E-state index contributed by atoms with van der Waals surface area (Å²) in [6.45, 7) is 0. The van der Waals surface area contributed by atoms with E-state index in [1.165, 1.54) is 0 Å². The van der Waals surface area contributed by atoms with Gasteiger partial charge in [-0.05, 0) is 12.1 Å². The van der Waals surface area contributed by atoms with Crippen LogP contribution in [0.1, 0.15) is 0 Å². The first-order valence-electron chi connectivity index (χ1n) is 3.00. The molecule has 0 aliphatic carbocycles. The van der Waals surface area contributed by atoms with Gasteiger partial charge in [0, 0.05) is 6.07 Å². The molecule has 0 spiro atoms. The Balaban J connectivity index is 0.00000169. The third-order valence-electron chi connectivity index (χ3n) is 1.09. The van der Waals surface area contributed by atoms with E-state index in [0.29, 0.717) is 6.07 Å². The molecule has 0 unspecified atom stereocenters. The van der Waals surface area contributed by atoms with Gasteiger partial charge in [0.25, 0.3) is 0 Å². The fourth-order valence-electron chi connectivity index (χ4n) is 0.656. The van der Waals surface area contributed by atoms with Gasteiger partial charge in [-0.1, -0.05) is 0 Å². The van der Waals surface area contributed by atoms with Crippen molar-refractivity contribution < 1.29 is 25.9 Å². The zero-order valence-electron chi connectivity index (χ0n) is 6.07. The first-order chi connectivity index (χ1) is 5.88. The predicted molar refractivity (Wildman–Crippen MR) is 45.7 cm³/mol. The number of benzene rings is 1. The second kappa shape index (κ2) is 4.75. The van der Waals surface area contributed by atoms with Crippen molar-refractivity contribution in [2.75, 3.05) is 0 Å². The van der Waals surface area contributed by atoms with Crippen molar-refractivity contribution in [3.8, 4) is 5.75 Å². The van der Waals surface area contributed by atoms with E-state index in [1.54, 1.807) is 0 Å². The number of halogens is 2. The van der Waals surface area contributed by atoms with E-state index in [4.69, 9.17) is 4.55 Å². The standard InChI is InChI=1S/C6H4F2O4S.Li.H/c7-4-1-2-6(5(8)3-4)12-13(9,10)11;;/h1-3H,(H,9,10,11);;. The van der Waals surface area contributed by atoms with Gasteiger partial charge in [-0.15, -0.1) is 0 Å². The second-order valence-corrected chi connectivity index (χ2v) is 3.11. The third kappa shape index (κ3) is 4.06. The monoisotopic (exact) mass is 218 g/mol. The van der Waals surface area contributed by atoms with E-state index in [-0.39, 0.29) is 18.9 Å². The molecule has 0 aliphatic rings. The summed E-state index contributed by atoms with van der Waals surface area (Å²) in [6, 6.07) is 1.97. The maximum absolute atomic E-state index is 12.6. The molecule has 1 aromatic rings. The summed E-state index contributed by atoms with van der Waals surface area (Å²) in [6.07, 6.45) is 0. The summed E-state index contributed by atoms with van der Waals surface area (Å²) >= 11 is 0. The first kappa shape index (κ1) is 13.4. The Morgan fingerprint density at radius 1 is 1.29 bits per heavy atom. The van der Waals surface area contributed by atoms with Crippen LogP contribution in [0, 0.1) is 11.6 Å². The van der Waals surface area contributed by atoms with Crippen LogP contribution in [0.5, 0.6) is 5.75 Å². The first-order valence-corrected chi connectivity index (χ1v) is 4.37. The second-order valence-electron chi connectivity index (χ2n) is 2.09. The number of rotatable bonds is 2. The van der Waals surface area contributed by atoms with Crippen LogP contribution in [-0.2, 0) is 10.4 Å². The SMILES string of the molecule is O=S(=O)(O)Oc1ccc(F)cc1F.[LiH]. The maximum atomic E-state index is 12.6. The topological polar surface area (TPSA) is 63.6 Å². The molecule has 4 nitrogen and oxygen atoms in total. The van der Waals surface area contributed by atoms with Gasteiger partial charge >= 0.3 is 29.3 Å². The van der Waals surface area contributed by atoms with Gasteiger partial charge < -0.3 is 4.18 Å². The number of hydrogen-bond acceptors (Lipinski definition) is 3. The van der Waals surface area contributed by atoms with Crippen molar-refractivity contribution >= 4 is 29.3 Å². The summed E-state index contributed by atoms with van der Waals surface area (Å²) in [7, 11) is -4.77. The van der Waals surface area contributed by atoms with Crippen molar-refractivity contribution in [1.82, 2.24) is 0 Å². The van der Waals surface area contributed by atoms with Crippen molar-refractivity contribution in [3.05, 3.63) is 29.8 Å².